The van der Waals surface area contributed by atoms with Gasteiger partial charge in [0.25, 0.3) is 0 Å². The van der Waals surface area contributed by atoms with Crippen LogP contribution >= 0.6 is 0 Å². The maximum Gasteiger partial charge on any atom is 0.155 e. The predicted octanol–water partition coefficient (Wildman–Crippen LogP) is 1.40. The third-order valence-electron chi connectivity index (χ3n) is 3.03. The molecule has 20 heavy (non-hydrogen) atoms. The van der Waals surface area contributed by atoms with E-state index in [0.29, 0.717) is 24.5 Å². The Balaban J connectivity index is 2.75. The summed E-state index contributed by atoms with van der Waals surface area (Å²) in [4.78, 5) is 0. The van der Waals surface area contributed by atoms with Crippen molar-refractivity contribution in [3.05, 3.63) is 23.8 Å². The lowest BCUT2D eigenvalue weighted by Gasteiger charge is -2.13. The summed E-state index contributed by atoms with van der Waals surface area (Å²) in [5.41, 5.74) is 6.51. The van der Waals surface area contributed by atoms with Crippen molar-refractivity contribution >= 4 is 9.84 Å². The normalized spacial score (nSPS) is 11.7. The van der Waals surface area contributed by atoms with Crippen molar-refractivity contribution < 1.29 is 17.9 Å². The first kappa shape index (κ1) is 16.8. The molecule has 0 heterocycles. The molecule has 0 atom stereocenters. The third kappa shape index (κ3) is 4.68. The van der Waals surface area contributed by atoms with Crippen molar-refractivity contribution in [1.29, 1.82) is 0 Å². The minimum absolute atomic E-state index is 0.00391. The Labute approximate surface area is 121 Å². The van der Waals surface area contributed by atoms with E-state index in [1.165, 1.54) is 0 Å². The standard InChI is InChI=1S/C14H23NO4S/c1-11(2)20(16,17)9-8-19-14-10-13(18-3)5-4-12(14)6-7-15/h4-5,10-11H,6-9,15H2,1-3H3. The van der Waals surface area contributed by atoms with E-state index in [-0.39, 0.29) is 17.6 Å². The van der Waals surface area contributed by atoms with Gasteiger partial charge in [0.05, 0.1) is 18.1 Å². The summed E-state index contributed by atoms with van der Waals surface area (Å²) < 4.78 is 34.2. The molecule has 0 aliphatic carbocycles. The van der Waals surface area contributed by atoms with E-state index < -0.39 is 9.84 Å². The number of rotatable bonds is 8. The topological polar surface area (TPSA) is 78.6 Å². The number of sulfone groups is 1. The zero-order valence-corrected chi connectivity index (χ0v) is 13.1. The van der Waals surface area contributed by atoms with Gasteiger partial charge >= 0.3 is 0 Å². The summed E-state index contributed by atoms with van der Waals surface area (Å²) in [5.74, 6) is 1.31. The molecule has 6 heteroatoms. The van der Waals surface area contributed by atoms with Crippen LogP contribution in [0.3, 0.4) is 0 Å². The summed E-state index contributed by atoms with van der Waals surface area (Å²) in [7, 11) is -1.52. The molecule has 0 spiro atoms. The van der Waals surface area contributed by atoms with Gasteiger partial charge in [-0.1, -0.05) is 6.07 Å². The molecule has 0 saturated carbocycles. The second kappa shape index (κ2) is 7.50. The first-order chi connectivity index (χ1) is 9.40. The van der Waals surface area contributed by atoms with Crippen molar-refractivity contribution in [1.82, 2.24) is 0 Å². The molecule has 114 valence electrons. The Kier molecular flexibility index (Phi) is 6.29. The number of methoxy groups -OCH3 is 1. The highest BCUT2D eigenvalue weighted by atomic mass is 32.2. The fourth-order valence-corrected chi connectivity index (χ4v) is 2.45. The van der Waals surface area contributed by atoms with Crippen LogP contribution in [0.25, 0.3) is 0 Å². The van der Waals surface area contributed by atoms with Gasteiger partial charge in [-0.05, 0) is 38.4 Å². The second-order valence-corrected chi connectivity index (χ2v) is 7.45. The van der Waals surface area contributed by atoms with Crippen molar-refractivity contribution in [2.75, 3.05) is 26.0 Å². The molecule has 0 aromatic heterocycles. The zero-order valence-electron chi connectivity index (χ0n) is 12.3. The molecule has 0 unspecified atom stereocenters. The molecule has 0 radical (unpaired) electrons. The van der Waals surface area contributed by atoms with Gasteiger partial charge in [-0.25, -0.2) is 8.42 Å². The molecule has 5 nitrogen and oxygen atoms in total. The van der Waals surface area contributed by atoms with E-state index in [1.807, 2.05) is 12.1 Å². The maximum absolute atomic E-state index is 11.7. The molecule has 0 aliphatic heterocycles. The van der Waals surface area contributed by atoms with Gasteiger partial charge < -0.3 is 15.2 Å². The number of hydrogen-bond donors (Lipinski definition) is 1. The molecule has 0 bridgehead atoms. The largest absolute Gasteiger partial charge is 0.497 e. The molecule has 2 N–H and O–H groups in total. The fraction of sp³-hybridized carbons (Fsp3) is 0.571. The smallest absolute Gasteiger partial charge is 0.155 e. The van der Waals surface area contributed by atoms with Crippen LogP contribution in [0.15, 0.2) is 18.2 Å². The zero-order chi connectivity index (χ0) is 15.2. The highest BCUT2D eigenvalue weighted by Crippen LogP contribution is 2.25. The Morgan fingerprint density at radius 2 is 2.00 bits per heavy atom. The van der Waals surface area contributed by atoms with E-state index in [4.69, 9.17) is 15.2 Å². The molecule has 0 fully saturated rings. The lowest BCUT2D eigenvalue weighted by molar-refractivity contribution is 0.333. The first-order valence-corrected chi connectivity index (χ1v) is 8.33. The van der Waals surface area contributed by atoms with Crippen LogP contribution in [0.5, 0.6) is 11.5 Å². The van der Waals surface area contributed by atoms with Crippen molar-refractivity contribution in [3.63, 3.8) is 0 Å². The molecule has 1 aromatic rings. The molecular formula is C14H23NO4S. The molecule has 1 aromatic carbocycles. The van der Waals surface area contributed by atoms with Crippen molar-refractivity contribution in [3.8, 4) is 11.5 Å². The average Bonchev–Trinajstić information content (AvgIpc) is 2.40. The average molecular weight is 301 g/mol. The van der Waals surface area contributed by atoms with E-state index >= 15 is 0 Å². The SMILES string of the molecule is COc1ccc(CCN)c(OCCS(=O)(=O)C(C)C)c1. The highest BCUT2D eigenvalue weighted by molar-refractivity contribution is 7.91. The first-order valence-electron chi connectivity index (χ1n) is 6.62. The van der Waals surface area contributed by atoms with Gasteiger partial charge in [-0.3, -0.25) is 0 Å². The van der Waals surface area contributed by atoms with Crippen LogP contribution in [0.1, 0.15) is 19.4 Å². The van der Waals surface area contributed by atoms with E-state index in [1.54, 1.807) is 27.0 Å². The summed E-state index contributed by atoms with van der Waals surface area (Å²) in [6, 6.07) is 5.48. The molecule has 0 amide bonds. The third-order valence-corrected chi connectivity index (χ3v) is 5.20. The van der Waals surface area contributed by atoms with Gasteiger partial charge in [0, 0.05) is 6.07 Å². The van der Waals surface area contributed by atoms with Gasteiger partial charge in [0.2, 0.25) is 0 Å². The number of nitrogens with two attached hydrogens (primary N) is 1. The monoisotopic (exact) mass is 301 g/mol. The van der Waals surface area contributed by atoms with Crippen LogP contribution in [-0.2, 0) is 16.3 Å². The summed E-state index contributed by atoms with van der Waals surface area (Å²) in [6.07, 6.45) is 0.677. The lowest BCUT2D eigenvalue weighted by Crippen LogP contribution is -2.22. The van der Waals surface area contributed by atoms with Crippen LogP contribution in [-0.4, -0.2) is 39.7 Å². The van der Waals surface area contributed by atoms with Crippen molar-refractivity contribution in [2.24, 2.45) is 5.73 Å². The summed E-state index contributed by atoms with van der Waals surface area (Å²) in [6.45, 7) is 3.97. The Hall–Kier alpha value is -1.27. The molecule has 1 rings (SSSR count). The molecule has 0 aliphatic rings. The van der Waals surface area contributed by atoms with Gasteiger partial charge in [-0.2, -0.15) is 0 Å². The summed E-state index contributed by atoms with van der Waals surface area (Å²) >= 11 is 0. The Bertz CT molecular complexity index is 526. The molecular weight excluding hydrogens is 278 g/mol. The number of hydrogen-bond acceptors (Lipinski definition) is 5. The van der Waals surface area contributed by atoms with E-state index in [9.17, 15) is 8.42 Å². The summed E-state index contributed by atoms with van der Waals surface area (Å²) in [5, 5.41) is -0.389. The second-order valence-electron chi connectivity index (χ2n) is 4.78. The lowest BCUT2D eigenvalue weighted by atomic mass is 10.1. The maximum atomic E-state index is 11.7. The van der Waals surface area contributed by atoms with Gasteiger partial charge in [0.15, 0.2) is 9.84 Å². The minimum atomic E-state index is -3.09. The van der Waals surface area contributed by atoms with Gasteiger partial charge in [-0.15, -0.1) is 0 Å². The minimum Gasteiger partial charge on any atom is -0.497 e. The van der Waals surface area contributed by atoms with Crippen LogP contribution in [0.2, 0.25) is 0 Å². The van der Waals surface area contributed by atoms with Crippen LogP contribution in [0.4, 0.5) is 0 Å². The Morgan fingerprint density at radius 3 is 2.55 bits per heavy atom. The van der Waals surface area contributed by atoms with E-state index in [0.717, 1.165) is 5.56 Å². The quantitative estimate of drug-likeness (QED) is 0.785. The Morgan fingerprint density at radius 1 is 1.30 bits per heavy atom. The van der Waals surface area contributed by atoms with Crippen molar-refractivity contribution in [2.45, 2.75) is 25.5 Å². The van der Waals surface area contributed by atoms with Gasteiger partial charge in [0.1, 0.15) is 18.1 Å². The highest BCUT2D eigenvalue weighted by Gasteiger charge is 2.16. The molecule has 0 saturated heterocycles. The predicted molar refractivity (Wildman–Crippen MR) is 80.2 cm³/mol. The number of ether oxygens (including phenoxy) is 2. The fourth-order valence-electron chi connectivity index (χ4n) is 1.66. The van der Waals surface area contributed by atoms with Crippen LogP contribution < -0.4 is 15.2 Å². The van der Waals surface area contributed by atoms with E-state index in [2.05, 4.69) is 0 Å². The number of benzene rings is 1. The van der Waals surface area contributed by atoms with Crippen LogP contribution in [0, 0.1) is 0 Å².